The van der Waals surface area contributed by atoms with E-state index in [1.807, 2.05) is 6.07 Å². The molecule has 0 heterocycles. The molecule has 1 aromatic carbocycles. The predicted molar refractivity (Wildman–Crippen MR) is 67.0 cm³/mol. The van der Waals surface area contributed by atoms with Crippen molar-refractivity contribution >= 4 is 5.91 Å². The van der Waals surface area contributed by atoms with Crippen molar-refractivity contribution in [2.45, 2.75) is 38.5 Å². The average Bonchev–Trinajstić information content (AvgIpc) is 2.34. The number of fused-ring (bicyclic) bond motifs is 1. The van der Waals surface area contributed by atoms with Crippen LogP contribution in [0, 0.1) is 0 Å². The van der Waals surface area contributed by atoms with Crippen molar-refractivity contribution in [3.05, 3.63) is 29.3 Å². The number of hydrogen-bond donors (Lipinski definition) is 1. The van der Waals surface area contributed by atoms with Crippen LogP contribution in [-0.4, -0.2) is 12.5 Å². The number of hydrogen-bond acceptors (Lipinski definition) is 2. The van der Waals surface area contributed by atoms with Gasteiger partial charge in [-0.2, -0.15) is 0 Å². The van der Waals surface area contributed by atoms with Gasteiger partial charge in [0.15, 0.2) is 0 Å². The van der Waals surface area contributed by atoms with E-state index < -0.39 is 0 Å². The number of aryl methyl sites for hydroxylation is 2. The molecule has 0 saturated carbocycles. The quantitative estimate of drug-likeness (QED) is 0.793. The Hall–Kier alpha value is -1.51. The summed E-state index contributed by atoms with van der Waals surface area (Å²) in [7, 11) is 0. The minimum absolute atomic E-state index is 0.265. The van der Waals surface area contributed by atoms with Gasteiger partial charge < -0.3 is 10.5 Å². The first-order valence-corrected chi connectivity index (χ1v) is 6.28. The lowest BCUT2D eigenvalue weighted by molar-refractivity contribution is -0.118. The molecule has 92 valence electrons. The van der Waals surface area contributed by atoms with Crippen molar-refractivity contribution in [1.82, 2.24) is 0 Å². The van der Waals surface area contributed by atoms with E-state index >= 15 is 0 Å². The molecule has 17 heavy (non-hydrogen) atoms. The van der Waals surface area contributed by atoms with E-state index in [4.69, 9.17) is 10.5 Å². The SMILES string of the molecule is NC(=O)CCCOc1ccc2c(c1)CCCC2. The van der Waals surface area contributed by atoms with Crippen LogP contribution < -0.4 is 10.5 Å². The number of carbonyl (C=O) groups is 1. The van der Waals surface area contributed by atoms with Crippen LogP contribution in [0.1, 0.15) is 36.8 Å². The largest absolute Gasteiger partial charge is 0.494 e. The van der Waals surface area contributed by atoms with Gasteiger partial charge in [-0.1, -0.05) is 6.07 Å². The predicted octanol–water partition coefficient (Wildman–Crippen LogP) is 2.21. The van der Waals surface area contributed by atoms with Crippen LogP contribution in [0.5, 0.6) is 5.75 Å². The van der Waals surface area contributed by atoms with Gasteiger partial charge in [-0.25, -0.2) is 0 Å². The van der Waals surface area contributed by atoms with Gasteiger partial charge in [-0.05, 0) is 55.4 Å². The van der Waals surface area contributed by atoms with Crippen molar-refractivity contribution in [1.29, 1.82) is 0 Å². The zero-order valence-corrected chi connectivity index (χ0v) is 10.1. The molecule has 2 N–H and O–H groups in total. The van der Waals surface area contributed by atoms with E-state index in [1.54, 1.807) is 0 Å². The van der Waals surface area contributed by atoms with Crippen molar-refractivity contribution in [3.8, 4) is 5.75 Å². The van der Waals surface area contributed by atoms with Crippen molar-refractivity contribution in [2.75, 3.05) is 6.61 Å². The fourth-order valence-corrected chi connectivity index (χ4v) is 2.24. The van der Waals surface area contributed by atoms with E-state index in [1.165, 1.54) is 30.4 Å². The van der Waals surface area contributed by atoms with Crippen LogP contribution in [0.25, 0.3) is 0 Å². The second kappa shape index (κ2) is 5.71. The minimum atomic E-state index is -0.265. The molecular formula is C14H19NO2. The van der Waals surface area contributed by atoms with Gasteiger partial charge in [-0.3, -0.25) is 4.79 Å². The molecule has 0 saturated heterocycles. The molecule has 0 atom stereocenters. The lowest BCUT2D eigenvalue weighted by Gasteiger charge is -2.16. The maximum Gasteiger partial charge on any atom is 0.217 e. The van der Waals surface area contributed by atoms with Crippen molar-refractivity contribution in [3.63, 3.8) is 0 Å². The van der Waals surface area contributed by atoms with Crippen molar-refractivity contribution in [2.24, 2.45) is 5.73 Å². The summed E-state index contributed by atoms with van der Waals surface area (Å²) in [5.74, 6) is 0.647. The lowest BCUT2D eigenvalue weighted by atomic mass is 9.92. The Labute approximate surface area is 102 Å². The standard InChI is InChI=1S/C14H19NO2/c15-14(16)6-3-9-17-13-8-7-11-4-1-2-5-12(11)10-13/h7-8,10H,1-6,9H2,(H2,15,16). The summed E-state index contributed by atoms with van der Waals surface area (Å²) in [6.45, 7) is 0.557. The Morgan fingerprint density at radius 1 is 1.24 bits per heavy atom. The highest BCUT2D eigenvalue weighted by molar-refractivity contribution is 5.73. The topological polar surface area (TPSA) is 52.3 Å². The maximum absolute atomic E-state index is 10.6. The smallest absolute Gasteiger partial charge is 0.217 e. The number of amides is 1. The Morgan fingerprint density at radius 3 is 2.76 bits per heavy atom. The summed E-state index contributed by atoms with van der Waals surface area (Å²) in [6, 6.07) is 6.32. The number of primary amides is 1. The molecule has 1 amide bonds. The van der Waals surface area contributed by atoms with E-state index in [0.717, 1.165) is 12.2 Å². The summed E-state index contributed by atoms with van der Waals surface area (Å²) in [5.41, 5.74) is 7.95. The van der Waals surface area contributed by atoms with E-state index in [-0.39, 0.29) is 5.91 Å². The Morgan fingerprint density at radius 2 is 2.00 bits per heavy atom. The Kier molecular flexibility index (Phi) is 4.02. The van der Waals surface area contributed by atoms with Gasteiger partial charge >= 0.3 is 0 Å². The molecule has 0 aromatic heterocycles. The molecule has 1 aliphatic carbocycles. The average molecular weight is 233 g/mol. The number of ether oxygens (including phenoxy) is 1. The molecule has 0 radical (unpaired) electrons. The lowest BCUT2D eigenvalue weighted by Crippen LogP contribution is -2.12. The van der Waals surface area contributed by atoms with Crippen LogP contribution in [-0.2, 0) is 17.6 Å². The number of nitrogens with two attached hydrogens (primary N) is 1. The van der Waals surface area contributed by atoms with Gasteiger partial charge in [0.2, 0.25) is 5.91 Å². The fraction of sp³-hybridized carbons (Fsp3) is 0.500. The van der Waals surface area contributed by atoms with Gasteiger partial charge in [0.1, 0.15) is 5.75 Å². The summed E-state index contributed by atoms with van der Waals surface area (Å²) in [4.78, 5) is 10.6. The second-order valence-electron chi connectivity index (χ2n) is 4.56. The molecule has 0 aliphatic heterocycles. The highest BCUT2D eigenvalue weighted by Crippen LogP contribution is 2.25. The molecule has 3 nitrogen and oxygen atoms in total. The molecule has 0 unspecified atom stereocenters. The molecule has 3 heteroatoms. The van der Waals surface area contributed by atoms with Crippen LogP contribution in [0.2, 0.25) is 0 Å². The van der Waals surface area contributed by atoms with E-state index in [9.17, 15) is 4.79 Å². The summed E-state index contributed by atoms with van der Waals surface area (Å²) >= 11 is 0. The molecule has 0 fully saturated rings. The Balaban J connectivity index is 1.86. The first-order valence-electron chi connectivity index (χ1n) is 6.28. The third-order valence-electron chi connectivity index (χ3n) is 3.16. The third kappa shape index (κ3) is 3.48. The highest BCUT2D eigenvalue weighted by Gasteiger charge is 2.09. The fourth-order valence-electron chi connectivity index (χ4n) is 2.24. The Bertz CT molecular complexity index is 401. The van der Waals surface area contributed by atoms with E-state index in [2.05, 4.69) is 12.1 Å². The zero-order valence-electron chi connectivity index (χ0n) is 10.1. The summed E-state index contributed by atoms with van der Waals surface area (Å²) in [6.07, 6.45) is 6.01. The van der Waals surface area contributed by atoms with Crippen LogP contribution in [0.15, 0.2) is 18.2 Å². The first kappa shape index (κ1) is 12.0. The molecule has 0 bridgehead atoms. The first-order chi connectivity index (χ1) is 8.25. The van der Waals surface area contributed by atoms with Crippen molar-refractivity contribution < 1.29 is 9.53 Å². The maximum atomic E-state index is 10.6. The summed E-state index contributed by atoms with van der Waals surface area (Å²) < 4.78 is 5.61. The minimum Gasteiger partial charge on any atom is -0.494 e. The third-order valence-corrected chi connectivity index (χ3v) is 3.16. The van der Waals surface area contributed by atoms with Gasteiger partial charge in [0.05, 0.1) is 6.61 Å². The monoisotopic (exact) mass is 233 g/mol. The van der Waals surface area contributed by atoms with Crippen LogP contribution in [0.3, 0.4) is 0 Å². The number of carbonyl (C=O) groups excluding carboxylic acids is 1. The number of rotatable bonds is 5. The molecule has 1 aromatic rings. The molecule has 0 spiro atoms. The van der Waals surface area contributed by atoms with E-state index in [0.29, 0.717) is 19.4 Å². The zero-order chi connectivity index (χ0) is 12.1. The van der Waals surface area contributed by atoms with Crippen LogP contribution in [0.4, 0.5) is 0 Å². The second-order valence-corrected chi connectivity index (χ2v) is 4.56. The highest BCUT2D eigenvalue weighted by atomic mass is 16.5. The number of benzene rings is 1. The van der Waals surface area contributed by atoms with Gasteiger partial charge in [-0.15, -0.1) is 0 Å². The van der Waals surface area contributed by atoms with Gasteiger partial charge in [0.25, 0.3) is 0 Å². The van der Waals surface area contributed by atoms with Crippen LogP contribution >= 0.6 is 0 Å². The normalized spacial score (nSPS) is 14.1. The molecule has 1 aliphatic rings. The summed E-state index contributed by atoms with van der Waals surface area (Å²) in [5, 5.41) is 0. The molecule has 2 rings (SSSR count). The molecular weight excluding hydrogens is 214 g/mol. The van der Waals surface area contributed by atoms with Gasteiger partial charge in [0, 0.05) is 6.42 Å².